The number of hydrogen-bond acceptors (Lipinski definition) is 6. The minimum Gasteiger partial charge on any atom is -0.317 e. The van der Waals surface area contributed by atoms with Crippen LogP contribution in [0.2, 0.25) is 0 Å². The van der Waals surface area contributed by atoms with Crippen molar-refractivity contribution >= 4 is 11.7 Å². The van der Waals surface area contributed by atoms with Gasteiger partial charge in [-0.3, -0.25) is 9.78 Å². The molecule has 1 aliphatic heterocycles. The number of piperidine rings is 1. The largest absolute Gasteiger partial charge is 0.317 e. The van der Waals surface area contributed by atoms with E-state index < -0.39 is 0 Å². The van der Waals surface area contributed by atoms with E-state index in [4.69, 9.17) is 0 Å². The highest BCUT2D eigenvalue weighted by Gasteiger charge is 2.18. The van der Waals surface area contributed by atoms with E-state index >= 15 is 0 Å². The third-order valence-electron chi connectivity index (χ3n) is 3.23. The number of rotatable bonds is 3. The van der Waals surface area contributed by atoms with E-state index in [2.05, 4.69) is 30.9 Å². The van der Waals surface area contributed by atoms with E-state index in [0.717, 1.165) is 25.9 Å². The van der Waals surface area contributed by atoms with Gasteiger partial charge < -0.3 is 10.6 Å². The van der Waals surface area contributed by atoms with Crippen molar-refractivity contribution in [3.8, 4) is 0 Å². The SMILES string of the molecule is O=C(Nc1cnccn1)c1cn(C2CCNCC2)nn1. The van der Waals surface area contributed by atoms with Gasteiger partial charge >= 0.3 is 0 Å². The fraction of sp³-hybridized carbons (Fsp3) is 0.417. The molecule has 0 saturated carbocycles. The number of carbonyl (C=O) groups is 1. The molecule has 0 spiro atoms. The summed E-state index contributed by atoms with van der Waals surface area (Å²) < 4.78 is 1.77. The zero-order chi connectivity index (χ0) is 13.8. The lowest BCUT2D eigenvalue weighted by Gasteiger charge is -2.22. The molecule has 2 aromatic heterocycles. The minimum atomic E-state index is -0.328. The van der Waals surface area contributed by atoms with Crippen molar-refractivity contribution in [2.45, 2.75) is 18.9 Å². The lowest BCUT2D eigenvalue weighted by atomic mass is 10.1. The van der Waals surface area contributed by atoms with Crippen molar-refractivity contribution in [1.82, 2.24) is 30.3 Å². The highest BCUT2D eigenvalue weighted by Crippen LogP contribution is 2.17. The van der Waals surface area contributed by atoms with Gasteiger partial charge in [0.25, 0.3) is 5.91 Å². The predicted octanol–water partition coefficient (Wildman–Crippen LogP) is 0.245. The average molecular weight is 273 g/mol. The molecule has 3 heterocycles. The van der Waals surface area contributed by atoms with Crippen LogP contribution < -0.4 is 10.6 Å². The molecule has 1 fully saturated rings. The van der Waals surface area contributed by atoms with Crippen molar-refractivity contribution in [3.05, 3.63) is 30.5 Å². The molecule has 1 saturated heterocycles. The quantitative estimate of drug-likeness (QED) is 0.831. The molecule has 2 N–H and O–H groups in total. The molecule has 8 heteroatoms. The molecule has 0 radical (unpaired) electrons. The Morgan fingerprint density at radius 2 is 2.20 bits per heavy atom. The topological polar surface area (TPSA) is 97.6 Å². The van der Waals surface area contributed by atoms with Gasteiger partial charge in [0.05, 0.1) is 18.4 Å². The first-order valence-corrected chi connectivity index (χ1v) is 6.53. The number of nitrogens with zero attached hydrogens (tertiary/aromatic N) is 5. The lowest BCUT2D eigenvalue weighted by Crippen LogP contribution is -2.29. The minimum absolute atomic E-state index is 0.286. The summed E-state index contributed by atoms with van der Waals surface area (Å²) in [5.74, 6) is 0.0691. The van der Waals surface area contributed by atoms with Crippen molar-refractivity contribution in [3.63, 3.8) is 0 Å². The first-order chi connectivity index (χ1) is 9.83. The molecule has 3 rings (SSSR count). The molecule has 0 aromatic carbocycles. The van der Waals surface area contributed by atoms with Crippen molar-refractivity contribution in [2.75, 3.05) is 18.4 Å². The van der Waals surface area contributed by atoms with Crippen molar-refractivity contribution in [2.24, 2.45) is 0 Å². The summed E-state index contributed by atoms with van der Waals surface area (Å²) in [6, 6.07) is 0.307. The number of hydrogen-bond donors (Lipinski definition) is 2. The standard InChI is InChI=1S/C12H15N7O/c20-12(16-11-7-14-5-6-15-11)10-8-19(18-17-10)9-1-3-13-4-2-9/h5-9,13H,1-4H2,(H,15,16,20). The molecule has 1 amide bonds. The fourth-order valence-electron chi connectivity index (χ4n) is 2.17. The Balaban J connectivity index is 1.68. The maximum Gasteiger partial charge on any atom is 0.279 e. The molecule has 104 valence electrons. The Kier molecular flexibility index (Phi) is 3.64. The van der Waals surface area contributed by atoms with Crippen LogP contribution in [0.15, 0.2) is 24.8 Å². The van der Waals surface area contributed by atoms with Crippen LogP contribution in [0.3, 0.4) is 0 Å². The summed E-state index contributed by atoms with van der Waals surface area (Å²) in [6.45, 7) is 1.93. The lowest BCUT2D eigenvalue weighted by molar-refractivity contribution is 0.102. The molecular weight excluding hydrogens is 258 g/mol. The normalized spacial score (nSPS) is 16.0. The molecule has 1 aliphatic rings. The molecule has 0 atom stereocenters. The molecule has 0 unspecified atom stereocenters. The fourth-order valence-corrected chi connectivity index (χ4v) is 2.17. The van der Waals surface area contributed by atoms with Gasteiger partial charge in [-0.05, 0) is 25.9 Å². The highest BCUT2D eigenvalue weighted by molar-refractivity contribution is 6.01. The van der Waals surface area contributed by atoms with E-state index in [1.165, 1.54) is 12.4 Å². The predicted molar refractivity (Wildman–Crippen MR) is 71.1 cm³/mol. The van der Waals surface area contributed by atoms with E-state index in [-0.39, 0.29) is 11.6 Å². The number of aromatic nitrogens is 5. The summed E-state index contributed by atoms with van der Waals surface area (Å²) in [5.41, 5.74) is 0.286. The van der Waals surface area contributed by atoms with Crippen LogP contribution in [-0.2, 0) is 0 Å². The second-order valence-electron chi connectivity index (χ2n) is 4.61. The Morgan fingerprint density at radius 3 is 2.95 bits per heavy atom. The Bertz CT molecular complexity index is 577. The highest BCUT2D eigenvalue weighted by atomic mass is 16.2. The van der Waals surface area contributed by atoms with Crippen molar-refractivity contribution in [1.29, 1.82) is 0 Å². The average Bonchev–Trinajstić information content (AvgIpc) is 2.99. The van der Waals surface area contributed by atoms with Gasteiger partial charge in [0.15, 0.2) is 11.5 Å². The van der Waals surface area contributed by atoms with E-state index in [1.807, 2.05) is 0 Å². The zero-order valence-electron chi connectivity index (χ0n) is 10.9. The maximum atomic E-state index is 12.0. The number of carbonyl (C=O) groups excluding carboxylic acids is 1. The van der Waals surface area contributed by atoms with Gasteiger partial charge in [-0.1, -0.05) is 5.21 Å². The van der Waals surface area contributed by atoms with Crippen LogP contribution in [0.4, 0.5) is 5.82 Å². The zero-order valence-corrected chi connectivity index (χ0v) is 10.9. The van der Waals surface area contributed by atoms with Crippen LogP contribution in [0.5, 0.6) is 0 Å². The summed E-state index contributed by atoms with van der Waals surface area (Å²) in [6.07, 6.45) is 8.21. The monoisotopic (exact) mass is 273 g/mol. The van der Waals surface area contributed by atoms with Gasteiger partial charge in [-0.25, -0.2) is 9.67 Å². The van der Waals surface area contributed by atoms with Crippen molar-refractivity contribution < 1.29 is 4.79 Å². The van der Waals surface area contributed by atoms with E-state index in [0.29, 0.717) is 11.9 Å². The Morgan fingerprint density at radius 1 is 1.35 bits per heavy atom. The molecule has 0 aliphatic carbocycles. The van der Waals surface area contributed by atoms with Crippen LogP contribution in [0.1, 0.15) is 29.4 Å². The summed E-state index contributed by atoms with van der Waals surface area (Å²) in [7, 11) is 0. The molecular formula is C12H15N7O. The van der Waals surface area contributed by atoms with Gasteiger partial charge in [0.1, 0.15) is 0 Å². The van der Waals surface area contributed by atoms with Gasteiger partial charge in [0, 0.05) is 12.4 Å². The molecule has 8 nitrogen and oxygen atoms in total. The van der Waals surface area contributed by atoms with Crippen LogP contribution >= 0.6 is 0 Å². The summed E-state index contributed by atoms with van der Waals surface area (Å²) in [4.78, 5) is 19.9. The summed E-state index contributed by atoms with van der Waals surface area (Å²) >= 11 is 0. The van der Waals surface area contributed by atoms with Gasteiger partial charge in [0.2, 0.25) is 0 Å². The molecule has 20 heavy (non-hydrogen) atoms. The Labute approximate surface area is 115 Å². The van der Waals surface area contributed by atoms with E-state index in [9.17, 15) is 4.79 Å². The molecule has 0 bridgehead atoms. The first-order valence-electron chi connectivity index (χ1n) is 6.53. The molecule has 2 aromatic rings. The van der Waals surface area contributed by atoms with Crippen LogP contribution in [0, 0.1) is 0 Å². The van der Waals surface area contributed by atoms with Gasteiger partial charge in [-0.2, -0.15) is 0 Å². The number of amides is 1. The maximum absolute atomic E-state index is 12.0. The third-order valence-corrected chi connectivity index (χ3v) is 3.23. The van der Waals surface area contributed by atoms with Crippen LogP contribution in [0.25, 0.3) is 0 Å². The second kappa shape index (κ2) is 5.74. The first kappa shape index (κ1) is 12.7. The number of nitrogens with one attached hydrogen (secondary N) is 2. The third kappa shape index (κ3) is 2.80. The van der Waals surface area contributed by atoms with E-state index in [1.54, 1.807) is 17.1 Å². The number of anilines is 1. The van der Waals surface area contributed by atoms with Crippen LogP contribution in [-0.4, -0.2) is 44.0 Å². The van der Waals surface area contributed by atoms with Gasteiger partial charge in [-0.15, -0.1) is 5.10 Å². The Hall–Kier alpha value is -2.35. The summed E-state index contributed by atoms with van der Waals surface area (Å²) in [5, 5.41) is 13.9. The second-order valence-corrected chi connectivity index (χ2v) is 4.61. The smallest absolute Gasteiger partial charge is 0.279 e.